The number of hydrogen-bond acceptors (Lipinski definition) is 4. The molecule has 29 heavy (non-hydrogen) atoms. The number of fused-ring (bicyclic) bond motifs is 3. The Bertz CT molecular complexity index is 1270. The maximum atomic E-state index is 13.1. The highest BCUT2D eigenvalue weighted by molar-refractivity contribution is 5.92. The summed E-state index contributed by atoms with van der Waals surface area (Å²) in [7, 11) is 0. The molecule has 1 N–H and O–H groups in total. The van der Waals surface area contributed by atoms with Crippen LogP contribution in [0.2, 0.25) is 0 Å². The van der Waals surface area contributed by atoms with Crippen molar-refractivity contribution < 1.29 is 4.79 Å². The molecule has 0 aliphatic rings. The second-order valence-electron chi connectivity index (χ2n) is 7.35. The molecule has 0 unspecified atom stereocenters. The van der Waals surface area contributed by atoms with E-state index >= 15 is 0 Å². The van der Waals surface area contributed by atoms with Crippen molar-refractivity contribution in [3.05, 3.63) is 70.3 Å². The summed E-state index contributed by atoms with van der Waals surface area (Å²) in [6.07, 6.45) is 0.884. The van der Waals surface area contributed by atoms with Crippen molar-refractivity contribution >= 4 is 28.3 Å². The standard InChI is InChI=1S/C22H23N5O2/c1-4-15-8-7-9-16(12-15)23-19(28)13-26-17-10-5-6-11-18(17)27-20(14(2)3)24-25-21(27)22(26)29/h5-12,14H,4,13H2,1-3H3,(H,23,28). The Kier molecular flexibility index (Phi) is 4.88. The highest BCUT2D eigenvalue weighted by Gasteiger charge is 2.19. The molecule has 0 bridgehead atoms. The van der Waals surface area contributed by atoms with Crippen molar-refractivity contribution in [2.45, 2.75) is 39.7 Å². The molecule has 0 spiro atoms. The van der Waals surface area contributed by atoms with Crippen LogP contribution in [0.4, 0.5) is 5.69 Å². The van der Waals surface area contributed by atoms with Gasteiger partial charge in [0.2, 0.25) is 11.6 Å². The summed E-state index contributed by atoms with van der Waals surface area (Å²) in [5.41, 5.74) is 3.23. The number of anilines is 1. The molecule has 0 saturated heterocycles. The Hall–Kier alpha value is -3.48. The Morgan fingerprint density at radius 3 is 2.55 bits per heavy atom. The van der Waals surface area contributed by atoms with E-state index in [0.717, 1.165) is 29.0 Å². The normalized spacial score (nSPS) is 11.4. The Balaban J connectivity index is 1.78. The highest BCUT2D eigenvalue weighted by Crippen LogP contribution is 2.19. The van der Waals surface area contributed by atoms with Crippen LogP contribution in [-0.2, 0) is 17.8 Å². The predicted octanol–water partition coefficient (Wildman–Crippen LogP) is 3.37. The van der Waals surface area contributed by atoms with E-state index in [4.69, 9.17) is 0 Å². The van der Waals surface area contributed by atoms with Crippen LogP contribution < -0.4 is 10.9 Å². The Morgan fingerprint density at radius 1 is 1.07 bits per heavy atom. The van der Waals surface area contributed by atoms with Crippen molar-refractivity contribution in [1.82, 2.24) is 19.2 Å². The monoisotopic (exact) mass is 389 g/mol. The summed E-state index contributed by atoms with van der Waals surface area (Å²) in [6, 6.07) is 15.2. The first-order valence-corrected chi connectivity index (χ1v) is 9.75. The first-order valence-electron chi connectivity index (χ1n) is 9.75. The fraction of sp³-hybridized carbons (Fsp3) is 0.273. The molecule has 0 atom stereocenters. The maximum absolute atomic E-state index is 13.1. The maximum Gasteiger partial charge on any atom is 0.297 e. The molecule has 2 aromatic carbocycles. The van der Waals surface area contributed by atoms with Gasteiger partial charge in [-0.15, -0.1) is 10.2 Å². The van der Waals surface area contributed by atoms with E-state index in [0.29, 0.717) is 5.52 Å². The largest absolute Gasteiger partial charge is 0.325 e. The minimum absolute atomic E-state index is 0.101. The van der Waals surface area contributed by atoms with E-state index in [-0.39, 0.29) is 29.6 Å². The van der Waals surface area contributed by atoms with Crippen molar-refractivity contribution in [3.8, 4) is 0 Å². The molecule has 148 valence electrons. The summed E-state index contributed by atoms with van der Waals surface area (Å²) in [6.45, 7) is 5.98. The second kappa shape index (κ2) is 7.50. The minimum Gasteiger partial charge on any atom is -0.325 e. The fourth-order valence-corrected chi connectivity index (χ4v) is 3.53. The third-order valence-electron chi connectivity index (χ3n) is 4.98. The Morgan fingerprint density at radius 2 is 1.83 bits per heavy atom. The van der Waals surface area contributed by atoms with Gasteiger partial charge in [-0.1, -0.05) is 45.0 Å². The summed E-state index contributed by atoms with van der Waals surface area (Å²) in [5.74, 6) is 0.567. The number of aryl methyl sites for hydroxylation is 1. The molecule has 0 saturated carbocycles. The highest BCUT2D eigenvalue weighted by atomic mass is 16.2. The van der Waals surface area contributed by atoms with Gasteiger partial charge in [0.25, 0.3) is 5.56 Å². The molecule has 2 heterocycles. The number of nitrogens with one attached hydrogen (secondary N) is 1. The molecule has 7 nitrogen and oxygen atoms in total. The molecule has 4 rings (SSSR count). The van der Waals surface area contributed by atoms with Crippen LogP contribution in [0.5, 0.6) is 0 Å². The predicted molar refractivity (Wildman–Crippen MR) is 113 cm³/mol. The molecule has 4 aromatic rings. The number of aromatic nitrogens is 4. The molecule has 0 aliphatic heterocycles. The smallest absolute Gasteiger partial charge is 0.297 e. The van der Waals surface area contributed by atoms with Crippen molar-refractivity contribution in [2.24, 2.45) is 0 Å². The minimum atomic E-state index is -0.333. The van der Waals surface area contributed by atoms with Crippen LogP contribution in [0, 0.1) is 0 Å². The molecule has 7 heteroatoms. The lowest BCUT2D eigenvalue weighted by atomic mass is 10.1. The third kappa shape index (κ3) is 3.40. The van der Waals surface area contributed by atoms with Gasteiger partial charge in [0.05, 0.1) is 11.0 Å². The van der Waals surface area contributed by atoms with E-state index in [2.05, 4.69) is 22.4 Å². The number of nitrogens with zero attached hydrogens (tertiary/aromatic N) is 4. The zero-order valence-corrected chi connectivity index (χ0v) is 16.7. The average Bonchev–Trinajstić information content (AvgIpc) is 3.17. The SMILES string of the molecule is CCc1cccc(NC(=O)Cn2c(=O)c3nnc(C(C)C)n3c3ccccc32)c1. The number of amides is 1. The molecule has 0 fully saturated rings. The van der Waals surface area contributed by atoms with Gasteiger partial charge in [-0.25, -0.2) is 0 Å². The van der Waals surface area contributed by atoms with Crippen molar-refractivity contribution in [1.29, 1.82) is 0 Å². The van der Waals surface area contributed by atoms with Gasteiger partial charge in [-0.05, 0) is 36.2 Å². The van der Waals surface area contributed by atoms with Gasteiger partial charge >= 0.3 is 0 Å². The lowest BCUT2D eigenvalue weighted by molar-refractivity contribution is -0.116. The van der Waals surface area contributed by atoms with E-state index < -0.39 is 0 Å². The summed E-state index contributed by atoms with van der Waals surface area (Å²) in [5, 5.41) is 11.2. The van der Waals surface area contributed by atoms with Crippen molar-refractivity contribution in [2.75, 3.05) is 5.32 Å². The van der Waals surface area contributed by atoms with Crippen LogP contribution in [0.15, 0.2) is 53.3 Å². The molecule has 1 amide bonds. The van der Waals surface area contributed by atoms with E-state index in [9.17, 15) is 9.59 Å². The zero-order chi connectivity index (χ0) is 20.5. The van der Waals surface area contributed by atoms with Crippen LogP contribution in [-0.4, -0.2) is 25.1 Å². The second-order valence-corrected chi connectivity index (χ2v) is 7.35. The summed E-state index contributed by atoms with van der Waals surface area (Å²) in [4.78, 5) is 25.8. The zero-order valence-electron chi connectivity index (χ0n) is 16.7. The number of carbonyl (C=O) groups excluding carboxylic acids is 1. The summed E-state index contributed by atoms with van der Waals surface area (Å²) < 4.78 is 3.25. The Labute approximate surface area is 168 Å². The van der Waals surface area contributed by atoms with Gasteiger partial charge in [-0.3, -0.25) is 18.6 Å². The first kappa shape index (κ1) is 18.9. The van der Waals surface area contributed by atoms with Gasteiger partial charge < -0.3 is 5.32 Å². The molecular formula is C22H23N5O2. The number of para-hydroxylation sites is 2. The number of benzene rings is 2. The molecular weight excluding hydrogens is 366 g/mol. The lowest BCUT2D eigenvalue weighted by Crippen LogP contribution is -2.29. The third-order valence-corrected chi connectivity index (χ3v) is 4.98. The van der Waals surface area contributed by atoms with Gasteiger partial charge in [-0.2, -0.15) is 0 Å². The van der Waals surface area contributed by atoms with Crippen LogP contribution in [0.3, 0.4) is 0 Å². The fourth-order valence-electron chi connectivity index (χ4n) is 3.53. The quantitative estimate of drug-likeness (QED) is 0.567. The molecule has 2 aromatic heterocycles. The van der Waals surface area contributed by atoms with E-state index in [1.165, 1.54) is 4.57 Å². The van der Waals surface area contributed by atoms with Crippen LogP contribution in [0.25, 0.3) is 16.7 Å². The number of carbonyl (C=O) groups is 1. The first-order chi connectivity index (χ1) is 14.0. The van der Waals surface area contributed by atoms with Gasteiger partial charge in [0.1, 0.15) is 12.4 Å². The van der Waals surface area contributed by atoms with Crippen LogP contribution in [0.1, 0.15) is 38.1 Å². The lowest BCUT2D eigenvalue weighted by Gasteiger charge is -2.13. The van der Waals surface area contributed by atoms with Gasteiger partial charge in [0.15, 0.2) is 0 Å². The van der Waals surface area contributed by atoms with E-state index in [1.807, 2.05) is 62.4 Å². The molecule has 0 radical (unpaired) electrons. The summed E-state index contributed by atoms with van der Waals surface area (Å²) >= 11 is 0. The topological polar surface area (TPSA) is 81.3 Å². The molecule has 0 aliphatic carbocycles. The van der Waals surface area contributed by atoms with Crippen molar-refractivity contribution in [3.63, 3.8) is 0 Å². The van der Waals surface area contributed by atoms with Crippen LogP contribution >= 0.6 is 0 Å². The number of rotatable bonds is 5. The average molecular weight is 389 g/mol. The van der Waals surface area contributed by atoms with Gasteiger partial charge in [0, 0.05) is 11.6 Å². The number of hydrogen-bond donors (Lipinski definition) is 1. The van der Waals surface area contributed by atoms with E-state index in [1.54, 1.807) is 4.40 Å².